The van der Waals surface area contributed by atoms with E-state index < -0.39 is 5.97 Å². The summed E-state index contributed by atoms with van der Waals surface area (Å²) in [5.41, 5.74) is 0.148. The smallest absolute Gasteiger partial charge is 0.371 e. The van der Waals surface area contributed by atoms with Crippen molar-refractivity contribution < 1.29 is 14.3 Å². The molecular weight excluding hydrogens is 226 g/mol. The molecule has 1 aliphatic carbocycles. The molecule has 1 N–H and O–H groups in total. The Morgan fingerprint density at radius 3 is 2.88 bits per heavy atom. The third-order valence-electron chi connectivity index (χ3n) is 2.72. The third kappa shape index (κ3) is 2.39. The molecule has 2 rings (SSSR count). The van der Waals surface area contributed by atoms with Gasteiger partial charge < -0.3 is 9.52 Å². The average molecular weight is 237 g/mol. The van der Waals surface area contributed by atoms with Gasteiger partial charge in [0.25, 0.3) is 0 Å². The van der Waals surface area contributed by atoms with Gasteiger partial charge in [0.05, 0.1) is 6.07 Å². The van der Waals surface area contributed by atoms with E-state index in [1.807, 2.05) is 0 Å². The molecule has 16 heavy (non-hydrogen) atoms. The van der Waals surface area contributed by atoms with Gasteiger partial charge in [-0.05, 0) is 30.4 Å². The molecular formula is C11H11NO3S. The minimum absolute atomic E-state index is 0.0346. The van der Waals surface area contributed by atoms with E-state index in [2.05, 4.69) is 6.07 Å². The Bertz CT molecular complexity index is 442. The number of nitriles is 1. The van der Waals surface area contributed by atoms with Gasteiger partial charge in [-0.25, -0.2) is 4.79 Å². The highest BCUT2D eigenvalue weighted by Crippen LogP contribution is 2.51. The Labute approximate surface area is 97.2 Å². The molecule has 0 saturated heterocycles. The molecule has 0 aliphatic heterocycles. The molecule has 1 aliphatic rings. The molecule has 84 valence electrons. The van der Waals surface area contributed by atoms with Gasteiger partial charge in [-0.15, -0.1) is 0 Å². The number of carbonyl (C=O) groups is 1. The second kappa shape index (κ2) is 4.22. The first-order valence-corrected chi connectivity index (χ1v) is 5.97. The topological polar surface area (TPSA) is 74.2 Å². The Morgan fingerprint density at radius 1 is 1.62 bits per heavy atom. The van der Waals surface area contributed by atoms with Crippen LogP contribution in [0.4, 0.5) is 0 Å². The van der Waals surface area contributed by atoms with Gasteiger partial charge >= 0.3 is 5.97 Å². The van der Waals surface area contributed by atoms with E-state index in [9.17, 15) is 4.79 Å². The number of carboxylic acid groups (broad SMARTS) is 1. The molecule has 0 bridgehead atoms. The van der Waals surface area contributed by atoms with Crippen molar-refractivity contribution in [3.8, 4) is 6.07 Å². The summed E-state index contributed by atoms with van der Waals surface area (Å²) in [5.74, 6) is -0.259. The van der Waals surface area contributed by atoms with Gasteiger partial charge in [-0.1, -0.05) is 11.8 Å². The van der Waals surface area contributed by atoms with Gasteiger partial charge in [0.2, 0.25) is 5.76 Å². The van der Waals surface area contributed by atoms with E-state index in [0.717, 1.165) is 18.6 Å². The van der Waals surface area contributed by atoms with E-state index in [0.29, 0.717) is 11.5 Å². The predicted molar refractivity (Wildman–Crippen MR) is 58.3 cm³/mol. The summed E-state index contributed by atoms with van der Waals surface area (Å²) in [4.78, 5) is 10.6. The summed E-state index contributed by atoms with van der Waals surface area (Å²) >= 11 is 1.49. The van der Waals surface area contributed by atoms with Crippen LogP contribution in [0.1, 0.15) is 29.8 Å². The number of carboxylic acids is 1. The maximum atomic E-state index is 10.6. The molecule has 1 aromatic heterocycles. The Morgan fingerprint density at radius 2 is 2.38 bits per heavy atom. The fourth-order valence-electron chi connectivity index (χ4n) is 1.45. The number of nitrogens with zero attached hydrogens (tertiary/aromatic N) is 1. The summed E-state index contributed by atoms with van der Waals surface area (Å²) in [6.45, 7) is 0. The first-order chi connectivity index (χ1) is 7.65. The summed E-state index contributed by atoms with van der Waals surface area (Å²) in [6, 6.07) is 5.31. The first-order valence-electron chi connectivity index (χ1n) is 4.98. The van der Waals surface area contributed by atoms with Crippen molar-refractivity contribution >= 4 is 17.7 Å². The van der Waals surface area contributed by atoms with Crippen molar-refractivity contribution in [3.63, 3.8) is 0 Å². The van der Waals surface area contributed by atoms with Crippen LogP contribution in [0.2, 0.25) is 0 Å². The van der Waals surface area contributed by atoms with Gasteiger partial charge in [-0.2, -0.15) is 5.26 Å². The van der Waals surface area contributed by atoms with Crippen LogP contribution in [0, 0.1) is 16.7 Å². The fraction of sp³-hybridized carbons (Fsp3) is 0.455. The standard InChI is InChI=1S/C11H11NO3S/c12-6-5-11(3-4-11)7-16-9-2-1-8(15-9)10(13)14/h1-2H,3-5,7H2,(H,13,14). The molecule has 5 heteroatoms. The number of hydrogen-bond donors (Lipinski definition) is 1. The summed E-state index contributed by atoms with van der Waals surface area (Å²) in [6.07, 6.45) is 2.74. The lowest BCUT2D eigenvalue weighted by Crippen LogP contribution is -2.01. The summed E-state index contributed by atoms with van der Waals surface area (Å²) in [5, 5.41) is 17.9. The highest BCUT2D eigenvalue weighted by atomic mass is 32.2. The van der Waals surface area contributed by atoms with Crippen LogP contribution in [0.3, 0.4) is 0 Å². The largest absolute Gasteiger partial charge is 0.475 e. The average Bonchev–Trinajstić information content (AvgIpc) is 2.84. The number of thioether (sulfide) groups is 1. The highest BCUT2D eigenvalue weighted by Gasteiger charge is 2.42. The number of rotatable bonds is 5. The van der Waals surface area contributed by atoms with E-state index >= 15 is 0 Å². The lowest BCUT2D eigenvalue weighted by Gasteiger charge is -2.07. The van der Waals surface area contributed by atoms with Crippen LogP contribution >= 0.6 is 11.8 Å². The lowest BCUT2D eigenvalue weighted by molar-refractivity contribution is 0.0656. The number of furan rings is 1. The molecule has 1 saturated carbocycles. The Kier molecular flexibility index (Phi) is 2.92. The van der Waals surface area contributed by atoms with Crippen molar-refractivity contribution in [3.05, 3.63) is 17.9 Å². The molecule has 0 aromatic carbocycles. The molecule has 1 heterocycles. The molecule has 1 aromatic rings. The van der Waals surface area contributed by atoms with Crippen molar-refractivity contribution in [2.45, 2.75) is 24.4 Å². The summed E-state index contributed by atoms with van der Waals surface area (Å²) < 4.78 is 5.13. The maximum absolute atomic E-state index is 10.6. The quantitative estimate of drug-likeness (QED) is 0.797. The fourth-order valence-corrected chi connectivity index (χ4v) is 2.61. The molecule has 0 atom stereocenters. The zero-order valence-corrected chi connectivity index (χ0v) is 9.42. The predicted octanol–water partition coefficient (Wildman–Crippen LogP) is 2.76. The van der Waals surface area contributed by atoms with Crippen molar-refractivity contribution in [2.75, 3.05) is 5.75 Å². The van der Waals surface area contributed by atoms with E-state index in [1.165, 1.54) is 17.8 Å². The van der Waals surface area contributed by atoms with Crippen LogP contribution in [0.25, 0.3) is 0 Å². The lowest BCUT2D eigenvalue weighted by atomic mass is 10.1. The number of aromatic carboxylic acids is 1. The monoisotopic (exact) mass is 237 g/mol. The van der Waals surface area contributed by atoms with Crippen molar-refractivity contribution in [1.82, 2.24) is 0 Å². The van der Waals surface area contributed by atoms with Crippen molar-refractivity contribution in [2.24, 2.45) is 5.41 Å². The molecule has 0 amide bonds. The van der Waals surface area contributed by atoms with Crippen LogP contribution < -0.4 is 0 Å². The van der Waals surface area contributed by atoms with E-state index in [-0.39, 0.29) is 11.2 Å². The van der Waals surface area contributed by atoms with Crippen LogP contribution in [-0.4, -0.2) is 16.8 Å². The van der Waals surface area contributed by atoms with Crippen LogP contribution in [0.15, 0.2) is 21.6 Å². The van der Waals surface area contributed by atoms with Gasteiger partial charge in [-0.3, -0.25) is 0 Å². The molecule has 0 spiro atoms. The second-order valence-corrected chi connectivity index (χ2v) is 5.03. The van der Waals surface area contributed by atoms with Gasteiger partial charge in [0, 0.05) is 12.2 Å². The second-order valence-electron chi connectivity index (χ2n) is 4.05. The van der Waals surface area contributed by atoms with E-state index in [4.69, 9.17) is 14.8 Å². The highest BCUT2D eigenvalue weighted by molar-refractivity contribution is 7.99. The zero-order chi connectivity index (χ0) is 11.6. The Hall–Kier alpha value is -1.41. The third-order valence-corrected chi connectivity index (χ3v) is 3.98. The normalized spacial score (nSPS) is 16.7. The molecule has 0 radical (unpaired) electrons. The molecule has 1 fully saturated rings. The van der Waals surface area contributed by atoms with Crippen molar-refractivity contribution in [1.29, 1.82) is 5.26 Å². The van der Waals surface area contributed by atoms with Crippen LogP contribution in [-0.2, 0) is 0 Å². The Balaban J connectivity index is 1.90. The van der Waals surface area contributed by atoms with E-state index in [1.54, 1.807) is 6.07 Å². The zero-order valence-electron chi connectivity index (χ0n) is 8.60. The SMILES string of the molecule is N#CCC1(CSc2ccc(C(=O)O)o2)CC1. The van der Waals surface area contributed by atoms with Crippen LogP contribution in [0.5, 0.6) is 0 Å². The molecule has 0 unspecified atom stereocenters. The van der Waals surface area contributed by atoms with Gasteiger partial charge in [0.15, 0.2) is 5.09 Å². The van der Waals surface area contributed by atoms with Gasteiger partial charge in [0.1, 0.15) is 0 Å². The molecule has 4 nitrogen and oxygen atoms in total. The summed E-state index contributed by atoms with van der Waals surface area (Å²) in [7, 11) is 0. The minimum Gasteiger partial charge on any atom is -0.475 e. The first kappa shape index (κ1) is 11.1. The maximum Gasteiger partial charge on any atom is 0.371 e. The number of hydrogen-bond acceptors (Lipinski definition) is 4. The minimum atomic E-state index is -1.05.